The Morgan fingerprint density at radius 2 is 2.06 bits per heavy atom. The molecule has 0 aliphatic heterocycles. The molecule has 0 saturated heterocycles. The average Bonchev–Trinajstić information content (AvgIpc) is 2.40. The molecule has 17 heavy (non-hydrogen) atoms. The van der Waals surface area contributed by atoms with Gasteiger partial charge in [-0.15, -0.1) is 0 Å². The van der Waals surface area contributed by atoms with Crippen molar-refractivity contribution in [1.82, 2.24) is 5.32 Å². The van der Waals surface area contributed by atoms with Crippen molar-refractivity contribution < 1.29 is 4.79 Å². The minimum absolute atomic E-state index is 0.0674. The zero-order valence-corrected chi connectivity index (χ0v) is 10.0. The molecule has 0 aromatic heterocycles. The van der Waals surface area contributed by atoms with Gasteiger partial charge in [-0.25, -0.2) is 0 Å². The molecule has 1 unspecified atom stereocenters. The first-order valence-corrected chi connectivity index (χ1v) is 5.99. The van der Waals surface area contributed by atoms with Crippen molar-refractivity contribution in [3.63, 3.8) is 0 Å². The van der Waals surface area contributed by atoms with Crippen LogP contribution in [0, 0.1) is 0 Å². The summed E-state index contributed by atoms with van der Waals surface area (Å²) in [5.41, 5.74) is 2.07. The molecule has 2 nitrogen and oxygen atoms in total. The second-order valence-corrected chi connectivity index (χ2v) is 4.28. The van der Waals surface area contributed by atoms with Crippen molar-refractivity contribution in [2.75, 3.05) is 0 Å². The summed E-state index contributed by atoms with van der Waals surface area (Å²) in [4.78, 5) is 12.0. The Bertz CT molecular complexity index is 445. The third kappa shape index (κ3) is 3.06. The molecule has 1 aromatic rings. The summed E-state index contributed by atoms with van der Waals surface area (Å²) in [7, 11) is 0. The molecular formula is C15H17NO. The zero-order valence-electron chi connectivity index (χ0n) is 10.0. The molecule has 2 rings (SSSR count). The van der Waals surface area contributed by atoms with Gasteiger partial charge in [0.05, 0.1) is 5.92 Å². The number of allylic oxidation sites excluding steroid dienone is 4. The fraction of sp³-hybridized carbons (Fsp3) is 0.267. The van der Waals surface area contributed by atoms with Crippen LogP contribution in [0.3, 0.4) is 0 Å². The molecule has 0 bridgehead atoms. The molecular weight excluding hydrogens is 210 g/mol. The van der Waals surface area contributed by atoms with Gasteiger partial charge < -0.3 is 5.32 Å². The van der Waals surface area contributed by atoms with E-state index in [2.05, 4.69) is 11.4 Å². The summed E-state index contributed by atoms with van der Waals surface area (Å²) in [6.07, 6.45) is 8.00. The number of nitrogens with one attached hydrogen (secondary N) is 1. The van der Waals surface area contributed by atoms with Gasteiger partial charge in [-0.1, -0.05) is 42.5 Å². The Kier molecular flexibility index (Phi) is 3.76. The van der Waals surface area contributed by atoms with Crippen molar-refractivity contribution in [2.45, 2.75) is 25.7 Å². The van der Waals surface area contributed by atoms with Crippen LogP contribution in [0.4, 0.5) is 0 Å². The monoisotopic (exact) mass is 227 g/mol. The molecule has 0 fully saturated rings. The molecule has 88 valence electrons. The Morgan fingerprint density at radius 3 is 2.71 bits per heavy atom. The number of amides is 1. The number of hydrogen-bond acceptors (Lipinski definition) is 1. The Morgan fingerprint density at radius 1 is 1.29 bits per heavy atom. The molecule has 1 amide bonds. The Hall–Kier alpha value is -1.83. The zero-order chi connectivity index (χ0) is 12.1. The van der Waals surface area contributed by atoms with Crippen molar-refractivity contribution >= 4 is 5.91 Å². The summed E-state index contributed by atoms with van der Waals surface area (Å²) in [5, 5.41) is 2.99. The topological polar surface area (TPSA) is 29.1 Å². The lowest BCUT2D eigenvalue weighted by atomic mass is 10.00. The predicted octanol–water partition coefficient (Wildman–Crippen LogP) is 3.14. The van der Waals surface area contributed by atoms with Crippen LogP contribution in [-0.4, -0.2) is 5.91 Å². The van der Waals surface area contributed by atoms with E-state index in [4.69, 9.17) is 0 Å². The van der Waals surface area contributed by atoms with Gasteiger partial charge in [-0.2, -0.15) is 0 Å². The van der Waals surface area contributed by atoms with Crippen molar-refractivity contribution in [3.8, 4) is 0 Å². The highest BCUT2D eigenvalue weighted by Crippen LogP contribution is 2.16. The summed E-state index contributed by atoms with van der Waals surface area (Å²) >= 11 is 0. The van der Waals surface area contributed by atoms with Crippen LogP contribution in [0.25, 0.3) is 0 Å². The first-order chi connectivity index (χ1) is 8.27. The molecule has 0 saturated carbocycles. The van der Waals surface area contributed by atoms with E-state index in [1.54, 1.807) is 0 Å². The highest BCUT2D eigenvalue weighted by atomic mass is 16.1. The largest absolute Gasteiger partial charge is 0.329 e. The summed E-state index contributed by atoms with van der Waals surface area (Å²) in [5.74, 6) is -0.0410. The Balaban J connectivity index is 2.01. The number of benzene rings is 1. The molecule has 1 aliphatic rings. The minimum atomic E-state index is -0.108. The van der Waals surface area contributed by atoms with Gasteiger partial charge in [-0.05, 0) is 31.4 Å². The average molecular weight is 227 g/mol. The van der Waals surface area contributed by atoms with E-state index in [1.807, 2.05) is 49.4 Å². The third-order valence-electron chi connectivity index (χ3n) is 2.99. The molecule has 0 radical (unpaired) electrons. The second kappa shape index (κ2) is 5.48. The molecule has 1 aliphatic carbocycles. The number of rotatable bonds is 3. The van der Waals surface area contributed by atoms with Gasteiger partial charge in [0.2, 0.25) is 5.91 Å². The summed E-state index contributed by atoms with van der Waals surface area (Å²) in [6, 6.07) is 9.85. The lowest BCUT2D eigenvalue weighted by Crippen LogP contribution is -2.27. The maximum Gasteiger partial charge on any atom is 0.231 e. The first kappa shape index (κ1) is 11.6. The van der Waals surface area contributed by atoms with Gasteiger partial charge in [0.15, 0.2) is 0 Å². The highest BCUT2D eigenvalue weighted by molar-refractivity contribution is 5.84. The van der Waals surface area contributed by atoms with Crippen LogP contribution in [0.2, 0.25) is 0 Å². The van der Waals surface area contributed by atoms with Crippen LogP contribution in [-0.2, 0) is 4.79 Å². The van der Waals surface area contributed by atoms with Gasteiger partial charge in [0.1, 0.15) is 0 Å². The van der Waals surface area contributed by atoms with Gasteiger partial charge >= 0.3 is 0 Å². The lowest BCUT2D eigenvalue weighted by molar-refractivity contribution is -0.121. The predicted molar refractivity (Wildman–Crippen MR) is 69.5 cm³/mol. The van der Waals surface area contributed by atoms with E-state index in [9.17, 15) is 4.79 Å². The third-order valence-corrected chi connectivity index (χ3v) is 2.99. The van der Waals surface area contributed by atoms with E-state index in [0.717, 1.165) is 24.1 Å². The molecule has 1 N–H and O–H groups in total. The summed E-state index contributed by atoms with van der Waals surface area (Å²) < 4.78 is 0. The smallest absolute Gasteiger partial charge is 0.231 e. The van der Waals surface area contributed by atoms with Crippen LogP contribution >= 0.6 is 0 Å². The van der Waals surface area contributed by atoms with Crippen LogP contribution in [0.15, 0.2) is 54.3 Å². The van der Waals surface area contributed by atoms with E-state index in [0.29, 0.717) is 0 Å². The number of hydrogen-bond donors (Lipinski definition) is 1. The van der Waals surface area contributed by atoms with Crippen molar-refractivity contribution in [3.05, 3.63) is 59.8 Å². The maximum atomic E-state index is 12.0. The minimum Gasteiger partial charge on any atom is -0.329 e. The number of carbonyl (C=O) groups is 1. The van der Waals surface area contributed by atoms with Crippen molar-refractivity contribution in [1.29, 1.82) is 0 Å². The van der Waals surface area contributed by atoms with Gasteiger partial charge in [0.25, 0.3) is 0 Å². The second-order valence-electron chi connectivity index (χ2n) is 4.28. The SMILES string of the molecule is CC(C(=O)NC1=CC=CCC1)c1ccccc1. The number of carbonyl (C=O) groups excluding carboxylic acids is 1. The first-order valence-electron chi connectivity index (χ1n) is 5.99. The van der Waals surface area contributed by atoms with Crippen LogP contribution in [0.1, 0.15) is 31.2 Å². The maximum absolute atomic E-state index is 12.0. The van der Waals surface area contributed by atoms with E-state index < -0.39 is 0 Å². The standard InChI is InChI=1S/C15H17NO/c1-12(13-8-4-2-5-9-13)15(17)16-14-10-6-3-7-11-14/h2-6,8-10,12H,7,11H2,1H3,(H,16,17). The molecule has 2 heteroatoms. The van der Waals surface area contributed by atoms with E-state index in [1.165, 1.54) is 0 Å². The molecule has 0 heterocycles. The van der Waals surface area contributed by atoms with E-state index in [-0.39, 0.29) is 11.8 Å². The summed E-state index contributed by atoms with van der Waals surface area (Å²) in [6.45, 7) is 1.93. The van der Waals surface area contributed by atoms with Crippen molar-refractivity contribution in [2.24, 2.45) is 0 Å². The van der Waals surface area contributed by atoms with E-state index >= 15 is 0 Å². The van der Waals surface area contributed by atoms with Crippen LogP contribution in [0.5, 0.6) is 0 Å². The lowest BCUT2D eigenvalue weighted by Gasteiger charge is -2.15. The fourth-order valence-corrected chi connectivity index (χ4v) is 1.87. The molecule has 0 spiro atoms. The fourth-order valence-electron chi connectivity index (χ4n) is 1.87. The van der Waals surface area contributed by atoms with Gasteiger partial charge in [0, 0.05) is 5.70 Å². The molecule has 1 atom stereocenters. The quantitative estimate of drug-likeness (QED) is 0.844. The Labute approximate surface area is 102 Å². The molecule has 1 aromatic carbocycles. The van der Waals surface area contributed by atoms with Crippen LogP contribution < -0.4 is 5.32 Å². The normalized spacial score (nSPS) is 16.2. The highest BCUT2D eigenvalue weighted by Gasteiger charge is 2.15. The van der Waals surface area contributed by atoms with Gasteiger partial charge in [-0.3, -0.25) is 4.79 Å².